The molecule has 2 heterocycles. The number of hydrogen-bond donors (Lipinski definition) is 4. The van der Waals surface area contributed by atoms with Gasteiger partial charge in [0.15, 0.2) is 6.10 Å². The summed E-state index contributed by atoms with van der Waals surface area (Å²) in [6.07, 6.45) is -2.69. The van der Waals surface area contributed by atoms with Crippen molar-refractivity contribution in [3.05, 3.63) is 60.4 Å². The first-order valence-corrected chi connectivity index (χ1v) is 10.9. The first-order chi connectivity index (χ1) is 17.9. The number of aryl methyl sites for hydroxylation is 1. The van der Waals surface area contributed by atoms with Crippen LogP contribution in [-0.2, 0) is 15.8 Å². The maximum Gasteiger partial charge on any atom is 0.421 e. The molecule has 38 heavy (non-hydrogen) atoms. The number of halogens is 3. The van der Waals surface area contributed by atoms with Crippen LogP contribution in [0.4, 0.5) is 42.0 Å². The second-order valence-electron chi connectivity index (χ2n) is 7.81. The van der Waals surface area contributed by atoms with Gasteiger partial charge in [-0.3, -0.25) is 9.59 Å². The summed E-state index contributed by atoms with van der Waals surface area (Å²) in [4.78, 5) is 35.2. The summed E-state index contributed by atoms with van der Waals surface area (Å²) in [6, 6.07) is 5.57. The van der Waals surface area contributed by atoms with Crippen molar-refractivity contribution in [2.24, 2.45) is 5.73 Å². The topological polar surface area (TPSA) is 153 Å². The standard InChI is InChI=1S/C24H24F3N7O4/c1-5-19(35)31-18-8-14(38-13(3)21(28)36)6-7-16(18)32-22-15(24(25,26)27)11-30-23(34-22)33-17-9-20(37-4)29-10-12(17)2/h5-11,13H,1H2,2-4H3,(H2,28,36)(H,31,35)(H2,29,30,32,33,34)/t13-/m0/s1. The first-order valence-electron chi connectivity index (χ1n) is 10.9. The Hall–Kier alpha value is -4.88. The van der Waals surface area contributed by atoms with Crippen molar-refractivity contribution in [3.63, 3.8) is 0 Å². The molecule has 0 unspecified atom stereocenters. The lowest BCUT2D eigenvalue weighted by atomic mass is 10.2. The van der Waals surface area contributed by atoms with E-state index in [1.54, 1.807) is 6.92 Å². The molecule has 0 aliphatic rings. The first kappa shape index (κ1) is 27.7. The summed E-state index contributed by atoms with van der Waals surface area (Å²) in [5, 5.41) is 7.93. The maximum absolute atomic E-state index is 13.8. The fourth-order valence-electron chi connectivity index (χ4n) is 3.00. The van der Waals surface area contributed by atoms with E-state index >= 15 is 0 Å². The summed E-state index contributed by atoms with van der Waals surface area (Å²) < 4.78 is 51.9. The van der Waals surface area contributed by atoms with Crippen LogP contribution in [0.1, 0.15) is 18.1 Å². The number of nitrogens with two attached hydrogens (primary N) is 1. The molecule has 0 spiro atoms. The van der Waals surface area contributed by atoms with Gasteiger partial charge in [-0.1, -0.05) is 6.58 Å². The van der Waals surface area contributed by atoms with Crippen molar-refractivity contribution in [1.29, 1.82) is 0 Å². The number of hydrogen-bond acceptors (Lipinski definition) is 9. The largest absolute Gasteiger partial charge is 0.481 e. The Bertz CT molecular complexity index is 1370. The van der Waals surface area contributed by atoms with E-state index in [1.165, 1.54) is 44.5 Å². The number of primary amides is 1. The molecule has 2 aromatic heterocycles. The molecule has 1 atom stereocenters. The highest BCUT2D eigenvalue weighted by atomic mass is 19.4. The lowest BCUT2D eigenvalue weighted by Gasteiger charge is -2.19. The van der Waals surface area contributed by atoms with Gasteiger partial charge < -0.3 is 31.2 Å². The van der Waals surface area contributed by atoms with Crippen LogP contribution in [0.2, 0.25) is 0 Å². The van der Waals surface area contributed by atoms with E-state index in [4.69, 9.17) is 15.2 Å². The lowest BCUT2D eigenvalue weighted by Crippen LogP contribution is -2.30. The molecule has 5 N–H and O–H groups in total. The van der Waals surface area contributed by atoms with Crippen LogP contribution in [0.3, 0.4) is 0 Å². The summed E-state index contributed by atoms with van der Waals surface area (Å²) in [5.74, 6) is -1.72. The number of amides is 2. The fraction of sp³-hybridized carbons (Fsp3) is 0.208. The SMILES string of the molecule is C=CC(=O)Nc1cc(O[C@@H](C)C(N)=O)ccc1Nc1nc(Nc2cc(OC)ncc2C)ncc1C(F)(F)F. The van der Waals surface area contributed by atoms with Crippen LogP contribution >= 0.6 is 0 Å². The van der Waals surface area contributed by atoms with Gasteiger partial charge in [0.05, 0.1) is 24.2 Å². The Balaban J connectivity index is 2.03. The van der Waals surface area contributed by atoms with Crippen molar-refractivity contribution in [3.8, 4) is 11.6 Å². The third-order valence-electron chi connectivity index (χ3n) is 5.03. The summed E-state index contributed by atoms with van der Waals surface area (Å²) in [5.41, 5.74) is 5.25. The predicted molar refractivity (Wildman–Crippen MR) is 134 cm³/mol. The maximum atomic E-state index is 13.8. The second-order valence-corrected chi connectivity index (χ2v) is 7.81. The van der Waals surface area contributed by atoms with Crippen LogP contribution in [0.15, 0.2) is 49.3 Å². The second kappa shape index (κ2) is 11.5. The van der Waals surface area contributed by atoms with E-state index in [0.29, 0.717) is 17.4 Å². The molecule has 200 valence electrons. The number of rotatable bonds is 10. The molecule has 0 bridgehead atoms. The van der Waals surface area contributed by atoms with Crippen molar-refractivity contribution in [1.82, 2.24) is 15.0 Å². The summed E-state index contributed by atoms with van der Waals surface area (Å²) in [7, 11) is 1.42. The van der Waals surface area contributed by atoms with Gasteiger partial charge in [-0.05, 0) is 37.6 Å². The van der Waals surface area contributed by atoms with Crippen molar-refractivity contribution >= 4 is 40.6 Å². The van der Waals surface area contributed by atoms with Gasteiger partial charge in [0.25, 0.3) is 5.91 Å². The van der Waals surface area contributed by atoms with Crippen molar-refractivity contribution in [2.75, 3.05) is 23.1 Å². The number of alkyl halides is 3. The van der Waals surface area contributed by atoms with Crippen LogP contribution in [-0.4, -0.2) is 40.0 Å². The number of ether oxygens (including phenoxy) is 2. The van der Waals surface area contributed by atoms with Gasteiger partial charge in [-0.2, -0.15) is 18.2 Å². The number of methoxy groups -OCH3 is 1. The smallest absolute Gasteiger partial charge is 0.421 e. The van der Waals surface area contributed by atoms with Gasteiger partial charge in [-0.25, -0.2) is 9.97 Å². The van der Waals surface area contributed by atoms with Gasteiger partial charge in [0.1, 0.15) is 17.1 Å². The molecule has 0 fully saturated rings. The third kappa shape index (κ3) is 6.87. The van der Waals surface area contributed by atoms with Crippen molar-refractivity contribution < 1.29 is 32.2 Å². The minimum Gasteiger partial charge on any atom is -0.481 e. The van der Waals surface area contributed by atoms with Crippen LogP contribution < -0.4 is 31.2 Å². The van der Waals surface area contributed by atoms with Crippen LogP contribution in [0.25, 0.3) is 0 Å². The molecule has 0 aliphatic carbocycles. The molecule has 3 aromatic rings. The highest BCUT2D eigenvalue weighted by Crippen LogP contribution is 2.37. The number of aromatic nitrogens is 3. The third-order valence-corrected chi connectivity index (χ3v) is 5.03. The predicted octanol–water partition coefficient (Wildman–Crippen LogP) is 4.07. The average Bonchev–Trinajstić information content (AvgIpc) is 2.86. The number of pyridine rings is 1. The molecule has 0 saturated carbocycles. The number of carbonyl (C=O) groups excluding carboxylic acids is 2. The van der Waals surface area contributed by atoms with Crippen LogP contribution in [0.5, 0.6) is 11.6 Å². The molecule has 0 radical (unpaired) electrons. The van der Waals surface area contributed by atoms with E-state index in [9.17, 15) is 22.8 Å². The highest BCUT2D eigenvalue weighted by Gasteiger charge is 2.35. The van der Waals surface area contributed by atoms with E-state index in [1.807, 2.05) is 0 Å². The van der Waals surface area contributed by atoms with Gasteiger partial charge in [0.2, 0.25) is 17.7 Å². The van der Waals surface area contributed by atoms with E-state index in [2.05, 4.69) is 37.5 Å². The fourth-order valence-corrected chi connectivity index (χ4v) is 3.00. The molecule has 0 saturated heterocycles. The molecule has 11 nitrogen and oxygen atoms in total. The lowest BCUT2D eigenvalue weighted by molar-refractivity contribution is -0.137. The zero-order valence-corrected chi connectivity index (χ0v) is 20.5. The van der Waals surface area contributed by atoms with E-state index in [-0.39, 0.29) is 29.0 Å². The summed E-state index contributed by atoms with van der Waals surface area (Å²) in [6.45, 7) is 6.52. The van der Waals surface area contributed by atoms with E-state index in [0.717, 1.165) is 6.08 Å². The van der Waals surface area contributed by atoms with Gasteiger partial charge in [0, 0.05) is 24.5 Å². The highest BCUT2D eigenvalue weighted by molar-refractivity contribution is 6.01. The number of carbonyl (C=O) groups is 2. The molecule has 0 aliphatic heterocycles. The zero-order chi connectivity index (χ0) is 28.0. The van der Waals surface area contributed by atoms with E-state index < -0.39 is 35.5 Å². The molecular formula is C24H24F3N7O4. The number of nitrogens with one attached hydrogen (secondary N) is 3. The molecule has 14 heteroatoms. The summed E-state index contributed by atoms with van der Waals surface area (Å²) >= 11 is 0. The number of nitrogens with zero attached hydrogens (tertiary/aromatic N) is 3. The molecule has 1 aromatic carbocycles. The minimum absolute atomic E-state index is 0.0278. The Kier molecular flexibility index (Phi) is 8.35. The monoisotopic (exact) mass is 531 g/mol. The molecule has 3 rings (SSSR count). The zero-order valence-electron chi connectivity index (χ0n) is 20.5. The van der Waals surface area contributed by atoms with Gasteiger partial charge in [-0.15, -0.1) is 0 Å². The Morgan fingerprint density at radius 3 is 2.47 bits per heavy atom. The average molecular weight is 531 g/mol. The number of anilines is 5. The Labute approximate surface area is 215 Å². The molecule has 2 amide bonds. The van der Waals surface area contributed by atoms with Crippen molar-refractivity contribution in [2.45, 2.75) is 26.1 Å². The molecular weight excluding hydrogens is 507 g/mol. The Morgan fingerprint density at radius 2 is 1.84 bits per heavy atom. The normalized spacial score (nSPS) is 11.7. The van der Waals surface area contributed by atoms with Crippen LogP contribution in [0, 0.1) is 6.92 Å². The minimum atomic E-state index is -4.80. The Morgan fingerprint density at radius 1 is 1.11 bits per heavy atom. The quantitative estimate of drug-likeness (QED) is 0.284. The number of benzene rings is 1. The van der Waals surface area contributed by atoms with Gasteiger partial charge >= 0.3 is 6.18 Å².